The molecule has 1 aromatic heterocycles. The van der Waals surface area contributed by atoms with Gasteiger partial charge in [-0.05, 0) is 62.2 Å². The first-order valence-electron chi connectivity index (χ1n) is 6.98. The molecule has 1 unspecified atom stereocenters. The van der Waals surface area contributed by atoms with E-state index in [9.17, 15) is 4.39 Å². The SMILES string of the molecule is CCNC(Cc1cc(F)cc(Br)c1)c1cc(C)nnc1C. The Balaban J connectivity index is 2.32. The molecule has 1 heterocycles. The zero-order valence-electron chi connectivity index (χ0n) is 12.5. The second kappa shape index (κ2) is 7.09. The molecule has 0 aliphatic carbocycles. The molecule has 0 aliphatic rings. The molecule has 2 aromatic rings. The minimum absolute atomic E-state index is 0.0953. The summed E-state index contributed by atoms with van der Waals surface area (Å²) in [5.41, 5.74) is 3.85. The summed E-state index contributed by atoms with van der Waals surface area (Å²) < 4.78 is 14.3. The third-order valence-electron chi connectivity index (χ3n) is 3.33. The van der Waals surface area contributed by atoms with Gasteiger partial charge < -0.3 is 5.32 Å². The molecule has 3 nitrogen and oxygen atoms in total. The topological polar surface area (TPSA) is 37.8 Å². The van der Waals surface area contributed by atoms with E-state index in [1.54, 1.807) is 6.07 Å². The summed E-state index contributed by atoms with van der Waals surface area (Å²) in [4.78, 5) is 0. The third kappa shape index (κ3) is 4.32. The number of halogens is 2. The van der Waals surface area contributed by atoms with Crippen LogP contribution < -0.4 is 5.32 Å². The van der Waals surface area contributed by atoms with Crippen molar-refractivity contribution in [2.75, 3.05) is 6.54 Å². The highest BCUT2D eigenvalue weighted by molar-refractivity contribution is 9.10. The van der Waals surface area contributed by atoms with E-state index >= 15 is 0 Å². The monoisotopic (exact) mass is 351 g/mol. The second-order valence-electron chi connectivity index (χ2n) is 5.12. The predicted octanol–water partition coefficient (Wildman–Crippen LogP) is 3.89. The minimum Gasteiger partial charge on any atom is -0.310 e. The molecular weight excluding hydrogens is 333 g/mol. The van der Waals surface area contributed by atoms with Crippen molar-refractivity contribution in [3.05, 3.63) is 57.1 Å². The number of rotatable bonds is 5. The van der Waals surface area contributed by atoms with Crippen LogP contribution in [0.5, 0.6) is 0 Å². The van der Waals surface area contributed by atoms with Crippen molar-refractivity contribution in [2.45, 2.75) is 33.2 Å². The lowest BCUT2D eigenvalue weighted by atomic mass is 9.97. The maximum atomic E-state index is 13.5. The molecule has 0 radical (unpaired) electrons. The van der Waals surface area contributed by atoms with Crippen LogP contribution in [-0.4, -0.2) is 16.7 Å². The van der Waals surface area contributed by atoms with Gasteiger partial charge in [-0.2, -0.15) is 10.2 Å². The van der Waals surface area contributed by atoms with E-state index in [2.05, 4.69) is 38.4 Å². The Morgan fingerprint density at radius 3 is 2.62 bits per heavy atom. The van der Waals surface area contributed by atoms with Gasteiger partial charge in [-0.1, -0.05) is 22.9 Å². The lowest BCUT2D eigenvalue weighted by Crippen LogP contribution is -2.24. The van der Waals surface area contributed by atoms with Crippen molar-refractivity contribution in [1.82, 2.24) is 15.5 Å². The Hall–Kier alpha value is -1.33. The summed E-state index contributed by atoms with van der Waals surface area (Å²) in [5, 5.41) is 11.7. The average Bonchev–Trinajstić information content (AvgIpc) is 2.40. The van der Waals surface area contributed by atoms with Gasteiger partial charge in [0.1, 0.15) is 5.82 Å². The molecule has 1 N–H and O–H groups in total. The average molecular weight is 352 g/mol. The Labute approximate surface area is 133 Å². The van der Waals surface area contributed by atoms with E-state index in [1.165, 1.54) is 6.07 Å². The molecule has 0 bridgehead atoms. The third-order valence-corrected chi connectivity index (χ3v) is 3.79. The van der Waals surface area contributed by atoms with E-state index < -0.39 is 0 Å². The van der Waals surface area contributed by atoms with Crippen LogP contribution in [0.15, 0.2) is 28.7 Å². The largest absolute Gasteiger partial charge is 0.310 e. The van der Waals surface area contributed by atoms with Crippen molar-refractivity contribution in [3.63, 3.8) is 0 Å². The van der Waals surface area contributed by atoms with Gasteiger partial charge in [0.15, 0.2) is 0 Å². The molecule has 21 heavy (non-hydrogen) atoms. The Bertz CT molecular complexity index is 611. The summed E-state index contributed by atoms with van der Waals surface area (Å²) in [6, 6.07) is 7.13. The highest BCUT2D eigenvalue weighted by Crippen LogP contribution is 2.23. The summed E-state index contributed by atoms with van der Waals surface area (Å²) >= 11 is 3.34. The molecule has 5 heteroatoms. The van der Waals surface area contributed by atoms with Gasteiger partial charge in [0, 0.05) is 10.5 Å². The van der Waals surface area contributed by atoms with Gasteiger partial charge in [0.25, 0.3) is 0 Å². The Kier molecular flexibility index (Phi) is 5.42. The fourth-order valence-electron chi connectivity index (χ4n) is 2.43. The maximum absolute atomic E-state index is 13.5. The van der Waals surface area contributed by atoms with Crippen LogP contribution in [0.4, 0.5) is 4.39 Å². The van der Waals surface area contributed by atoms with Crippen molar-refractivity contribution in [1.29, 1.82) is 0 Å². The number of hydrogen-bond donors (Lipinski definition) is 1. The minimum atomic E-state index is -0.227. The van der Waals surface area contributed by atoms with Gasteiger partial charge >= 0.3 is 0 Å². The van der Waals surface area contributed by atoms with Gasteiger partial charge in [-0.25, -0.2) is 4.39 Å². The maximum Gasteiger partial charge on any atom is 0.124 e. The lowest BCUT2D eigenvalue weighted by Gasteiger charge is -2.20. The summed E-state index contributed by atoms with van der Waals surface area (Å²) in [6.07, 6.45) is 0.705. The normalized spacial score (nSPS) is 12.4. The van der Waals surface area contributed by atoms with E-state index in [0.717, 1.165) is 33.5 Å². The van der Waals surface area contributed by atoms with Crippen molar-refractivity contribution < 1.29 is 4.39 Å². The summed E-state index contributed by atoms with van der Waals surface area (Å²) in [5.74, 6) is -0.227. The molecule has 112 valence electrons. The fraction of sp³-hybridized carbons (Fsp3) is 0.375. The van der Waals surface area contributed by atoms with Crippen molar-refractivity contribution >= 4 is 15.9 Å². The number of benzene rings is 1. The molecule has 0 spiro atoms. The number of nitrogens with zero attached hydrogens (tertiary/aromatic N) is 2. The van der Waals surface area contributed by atoms with Crippen molar-refractivity contribution in [2.24, 2.45) is 0 Å². The smallest absolute Gasteiger partial charge is 0.124 e. The highest BCUT2D eigenvalue weighted by atomic mass is 79.9. The Morgan fingerprint density at radius 1 is 1.19 bits per heavy atom. The molecule has 0 fully saturated rings. The van der Waals surface area contributed by atoms with Crippen LogP contribution in [0, 0.1) is 19.7 Å². The predicted molar refractivity (Wildman–Crippen MR) is 85.7 cm³/mol. The van der Waals surface area contributed by atoms with Gasteiger partial charge in [0.05, 0.1) is 11.4 Å². The first-order chi connectivity index (χ1) is 9.99. The molecular formula is C16H19BrFN3. The molecule has 0 aliphatic heterocycles. The molecule has 0 amide bonds. The molecule has 1 atom stereocenters. The summed E-state index contributed by atoms with van der Waals surface area (Å²) in [7, 11) is 0. The summed E-state index contributed by atoms with van der Waals surface area (Å²) in [6.45, 7) is 6.78. The van der Waals surface area contributed by atoms with Gasteiger partial charge in [-0.3, -0.25) is 0 Å². The van der Waals surface area contributed by atoms with Crippen LogP contribution in [0.25, 0.3) is 0 Å². The van der Waals surface area contributed by atoms with Gasteiger partial charge in [-0.15, -0.1) is 0 Å². The van der Waals surface area contributed by atoms with Crippen LogP contribution in [0.3, 0.4) is 0 Å². The highest BCUT2D eigenvalue weighted by Gasteiger charge is 2.16. The van der Waals surface area contributed by atoms with E-state index in [0.29, 0.717) is 6.42 Å². The van der Waals surface area contributed by atoms with Crippen LogP contribution in [-0.2, 0) is 6.42 Å². The molecule has 0 saturated heterocycles. The number of nitrogens with one attached hydrogen (secondary N) is 1. The quantitative estimate of drug-likeness (QED) is 0.887. The number of likely N-dealkylation sites (N-methyl/N-ethyl adjacent to an activating group) is 1. The lowest BCUT2D eigenvalue weighted by molar-refractivity contribution is 0.539. The zero-order valence-corrected chi connectivity index (χ0v) is 14.0. The number of aromatic nitrogens is 2. The van der Waals surface area contributed by atoms with E-state index in [4.69, 9.17) is 0 Å². The van der Waals surface area contributed by atoms with Gasteiger partial charge in [0.2, 0.25) is 0 Å². The van der Waals surface area contributed by atoms with E-state index in [-0.39, 0.29) is 11.9 Å². The standard InChI is InChI=1S/C16H19BrFN3/c1-4-19-16(15-5-10(2)20-21-11(15)3)8-12-6-13(17)9-14(18)7-12/h5-7,9,16,19H,4,8H2,1-3H3. The first kappa shape index (κ1) is 16.0. The number of hydrogen-bond acceptors (Lipinski definition) is 3. The first-order valence-corrected chi connectivity index (χ1v) is 7.78. The van der Waals surface area contributed by atoms with Crippen LogP contribution in [0.1, 0.15) is 35.5 Å². The molecule has 2 rings (SSSR count). The second-order valence-corrected chi connectivity index (χ2v) is 6.03. The molecule has 1 aromatic carbocycles. The van der Waals surface area contributed by atoms with Crippen molar-refractivity contribution in [3.8, 4) is 0 Å². The van der Waals surface area contributed by atoms with E-state index in [1.807, 2.05) is 26.0 Å². The molecule has 0 saturated carbocycles. The van der Waals surface area contributed by atoms with Crippen LogP contribution in [0.2, 0.25) is 0 Å². The van der Waals surface area contributed by atoms with Crippen LogP contribution >= 0.6 is 15.9 Å². The number of aryl methyl sites for hydroxylation is 2. The fourth-order valence-corrected chi connectivity index (χ4v) is 2.94. The zero-order chi connectivity index (χ0) is 15.4. The Morgan fingerprint density at radius 2 is 1.95 bits per heavy atom.